The molecule has 2 rings (SSSR count). The van der Waals surface area contributed by atoms with Crippen LogP contribution < -0.4 is 0 Å². The maximum Gasteiger partial charge on any atom is 0.159 e. The van der Waals surface area contributed by atoms with E-state index in [1.807, 2.05) is 0 Å². The molecule has 126 valence electrons. The van der Waals surface area contributed by atoms with Crippen molar-refractivity contribution in [3.05, 3.63) is 56.1 Å². The van der Waals surface area contributed by atoms with E-state index >= 15 is 0 Å². The number of rotatable bonds is 1. The third-order valence-electron chi connectivity index (χ3n) is 4.58. The van der Waals surface area contributed by atoms with E-state index in [9.17, 15) is 29.8 Å². The normalized spacial score (nSPS) is 9.77. The number of nitrogens with zero attached hydrogens (tertiary/aromatic N) is 4. The summed E-state index contributed by atoms with van der Waals surface area (Å²) in [6, 6.07) is 7.01. The standard InChI is InChI=1S/C20H12F2N4/c1-9-13(5-23)19(21)14(6-24)10(2)17(9)18-11(3)15(7-25)20(22)16(8-26)12(18)4/h1-4H3. The van der Waals surface area contributed by atoms with Crippen molar-refractivity contribution in [3.63, 3.8) is 0 Å². The molecule has 0 atom stereocenters. The molecule has 0 spiro atoms. The lowest BCUT2D eigenvalue weighted by Gasteiger charge is -2.20. The monoisotopic (exact) mass is 346 g/mol. The van der Waals surface area contributed by atoms with E-state index in [1.54, 1.807) is 24.3 Å². The van der Waals surface area contributed by atoms with Gasteiger partial charge in [0.1, 0.15) is 24.3 Å². The van der Waals surface area contributed by atoms with E-state index in [4.69, 9.17) is 0 Å². The lowest BCUT2D eigenvalue weighted by Crippen LogP contribution is -2.07. The van der Waals surface area contributed by atoms with E-state index in [1.165, 1.54) is 27.7 Å². The van der Waals surface area contributed by atoms with Gasteiger partial charge in [-0.25, -0.2) is 8.78 Å². The van der Waals surface area contributed by atoms with Crippen LogP contribution in [0.4, 0.5) is 8.78 Å². The first-order valence-electron chi connectivity index (χ1n) is 7.52. The molecule has 0 radical (unpaired) electrons. The number of benzene rings is 2. The fourth-order valence-electron chi connectivity index (χ4n) is 3.25. The number of hydrogen-bond donors (Lipinski definition) is 0. The highest BCUT2D eigenvalue weighted by Gasteiger charge is 2.26. The summed E-state index contributed by atoms with van der Waals surface area (Å²) in [6.45, 7) is 6.08. The molecule has 0 saturated heterocycles. The van der Waals surface area contributed by atoms with Crippen LogP contribution in [-0.2, 0) is 0 Å². The zero-order chi connectivity index (χ0) is 19.8. The van der Waals surface area contributed by atoms with Gasteiger partial charge in [0.05, 0.1) is 22.3 Å². The Hall–Kier alpha value is -3.74. The number of hydrogen-bond acceptors (Lipinski definition) is 4. The summed E-state index contributed by atoms with van der Waals surface area (Å²) in [5.74, 6) is -1.82. The molecule has 4 nitrogen and oxygen atoms in total. The van der Waals surface area contributed by atoms with Gasteiger partial charge in [-0.3, -0.25) is 0 Å². The van der Waals surface area contributed by atoms with Gasteiger partial charge in [-0.1, -0.05) is 0 Å². The highest BCUT2D eigenvalue weighted by Crippen LogP contribution is 2.40. The summed E-state index contributed by atoms with van der Waals surface area (Å²) >= 11 is 0. The van der Waals surface area contributed by atoms with Crippen LogP contribution in [0.3, 0.4) is 0 Å². The van der Waals surface area contributed by atoms with Crippen molar-refractivity contribution in [1.29, 1.82) is 21.0 Å². The molecular formula is C20H12F2N4. The van der Waals surface area contributed by atoms with E-state index in [0.717, 1.165) is 0 Å². The minimum Gasteiger partial charge on any atom is -0.204 e. The molecule has 26 heavy (non-hydrogen) atoms. The largest absolute Gasteiger partial charge is 0.204 e. The van der Waals surface area contributed by atoms with Gasteiger partial charge >= 0.3 is 0 Å². The molecule has 0 aliphatic rings. The van der Waals surface area contributed by atoms with Gasteiger partial charge in [0, 0.05) is 0 Å². The molecule has 0 N–H and O–H groups in total. The summed E-state index contributed by atoms with van der Waals surface area (Å²) in [5, 5.41) is 37.2. The molecule has 0 aliphatic heterocycles. The van der Waals surface area contributed by atoms with Crippen LogP contribution in [0.25, 0.3) is 11.1 Å². The SMILES string of the molecule is Cc1c(C#N)c(F)c(C#N)c(C)c1-c1c(C)c(C#N)c(F)c(C#N)c1C. The van der Waals surface area contributed by atoms with Gasteiger partial charge in [0.25, 0.3) is 0 Å². The van der Waals surface area contributed by atoms with Crippen molar-refractivity contribution in [3.8, 4) is 35.4 Å². The van der Waals surface area contributed by atoms with Gasteiger partial charge in [0.15, 0.2) is 11.6 Å². The summed E-state index contributed by atoms with van der Waals surface area (Å²) < 4.78 is 28.9. The molecular weight excluding hydrogens is 334 g/mol. The Morgan fingerprint density at radius 2 is 0.692 bits per heavy atom. The van der Waals surface area contributed by atoms with E-state index < -0.39 is 11.6 Å². The Morgan fingerprint density at radius 1 is 0.500 bits per heavy atom. The molecule has 0 saturated carbocycles. The quantitative estimate of drug-likeness (QED) is 0.767. The summed E-state index contributed by atoms with van der Waals surface area (Å²) in [4.78, 5) is 0. The highest BCUT2D eigenvalue weighted by atomic mass is 19.1. The Kier molecular flexibility index (Phi) is 4.75. The second-order valence-corrected chi connectivity index (χ2v) is 5.83. The van der Waals surface area contributed by atoms with Crippen LogP contribution in [0.5, 0.6) is 0 Å². The first-order valence-corrected chi connectivity index (χ1v) is 7.52. The number of nitriles is 4. The molecule has 0 bridgehead atoms. The zero-order valence-electron chi connectivity index (χ0n) is 14.5. The summed E-state index contributed by atoms with van der Waals surface area (Å²) in [5.41, 5.74) is 0.650. The van der Waals surface area contributed by atoms with Gasteiger partial charge < -0.3 is 0 Å². The van der Waals surface area contributed by atoms with Crippen molar-refractivity contribution < 1.29 is 8.78 Å². The molecule has 0 aromatic heterocycles. The minimum atomic E-state index is -0.910. The second kappa shape index (κ2) is 6.64. The van der Waals surface area contributed by atoms with Crippen LogP contribution in [0, 0.1) is 84.7 Å². The predicted molar refractivity (Wildman–Crippen MR) is 89.6 cm³/mol. The molecule has 2 aromatic carbocycles. The summed E-state index contributed by atoms with van der Waals surface area (Å²) in [6.07, 6.45) is 0. The smallest absolute Gasteiger partial charge is 0.159 e. The van der Waals surface area contributed by atoms with Crippen molar-refractivity contribution in [2.45, 2.75) is 27.7 Å². The van der Waals surface area contributed by atoms with Gasteiger partial charge in [0.2, 0.25) is 0 Å². The van der Waals surface area contributed by atoms with E-state index in [-0.39, 0.29) is 44.5 Å². The molecule has 0 amide bonds. The van der Waals surface area contributed by atoms with Crippen LogP contribution in [-0.4, -0.2) is 0 Å². The highest BCUT2D eigenvalue weighted by molar-refractivity contribution is 5.83. The Morgan fingerprint density at radius 3 is 0.846 bits per heavy atom. The van der Waals surface area contributed by atoms with Crippen molar-refractivity contribution in [2.24, 2.45) is 0 Å². The molecule has 2 aromatic rings. The fraction of sp³-hybridized carbons (Fsp3) is 0.200. The van der Waals surface area contributed by atoms with E-state index in [0.29, 0.717) is 11.1 Å². The minimum absolute atomic E-state index is 0.270. The molecule has 6 heteroatoms. The summed E-state index contributed by atoms with van der Waals surface area (Å²) in [7, 11) is 0. The third-order valence-corrected chi connectivity index (χ3v) is 4.58. The zero-order valence-corrected chi connectivity index (χ0v) is 14.5. The van der Waals surface area contributed by atoms with Crippen LogP contribution in [0.1, 0.15) is 44.5 Å². The first-order chi connectivity index (χ1) is 12.3. The molecule has 0 aliphatic carbocycles. The Labute approximate surface area is 149 Å². The predicted octanol–water partition coefficient (Wildman–Crippen LogP) is 4.35. The maximum absolute atomic E-state index is 14.4. The average Bonchev–Trinajstić information content (AvgIpc) is 2.59. The van der Waals surface area contributed by atoms with Crippen molar-refractivity contribution >= 4 is 0 Å². The number of halogens is 2. The lowest BCUT2D eigenvalue weighted by atomic mass is 9.82. The molecule has 0 heterocycles. The fourth-order valence-corrected chi connectivity index (χ4v) is 3.25. The van der Waals surface area contributed by atoms with Crippen molar-refractivity contribution in [1.82, 2.24) is 0 Å². The van der Waals surface area contributed by atoms with Gasteiger partial charge in [-0.2, -0.15) is 21.0 Å². The topological polar surface area (TPSA) is 95.2 Å². The van der Waals surface area contributed by atoms with Crippen LogP contribution in [0.15, 0.2) is 0 Å². The van der Waals surface area contributed by atoms with Crippen LogP contribution in [0.2, 0.25) is 0 Å². The van der Waals surface area contributed by atoms with E-state index in [2.05, 4.69) is 0 Å². The maximum atomic E-state index is 14.4. The van der Waals surface area contributed by atoms with Gasteiger partial charge in [-0.15, -0.1) is 0 Å². The second-order valence-electron chi connectivity index (χ2n) is 5.83. The first kappa shape index (κ1) is 18.6. The lowest BCUT2D eigenvalue weighted by molar-refractivity contribution is 0.616. The third kappa shape index (κ3) is 2.37. The van der Waals surface area contributed by atoms with Crippen LogP contribution >= 0.6 is 0 Å². The molecule has 0 unspecified atom stereocenters. The van der Waals surface area contributed by atoms with Crippen molar-refractivity contribution in [2.75, 3.05) is 0 Å². The Bertz CT molecular complexity index is 960. The Balaban J connectivity index is 3.20. The van der Waals surface area contributed by atoms with Gasteiger partial charge in [-0.05, 0) is 61.1 Å². The molecule has 0 fully saturated rings. The average molecular weight is 346 g/mol.